The number of carbonyl (C=O) groups is 2. The van der Waals surface area contributed by atoms with Crippen LogP contribution in [-0.4, -0.2) is 29.4 Å². The average Bonchev–Trinajstić information content (AvgIpc) is 3.16. The van der Waals surface area contributed by atoms with Crippen LogP contribution in [0.25, 0.3) is 0 Å². The van der Waals surface area contributed by atoms with E-state index in [1.54, 1.807) is 30.3 Å². The van der Waals surface area contributed by atoms with Crippen LogP contribution in [0.15, 0.2) is 42.5 Å². The van der Waals surface area contributed by atoms with Crippen molar-refractivity contribution in [3.63, 3.8) is 0 Å². The van der Waals surface area contributed by atoms with Crippen LogP contribution in [-0.2, 0) is 6.42 Å². The zero-order valence-electron chi connectivity index (χ0n) is 14.5. The topological polar surface area (TPSA) is 71.1 Å². The number of pyridine rings is 1. The van der Waals surface area contributed by atoms with E-state index in [1.807, 2.05) is 0 Å². The van der Waals surface area contributed by atoms with Crippen LogP contribution in [0.3, 0.4) is 0 Å². The average molecular weight is 355 g/mol. The van der Waals surface area contributed by atoms with Crippen molar-refractivity contribution in [2.45, 2.75) is 38.1 Å². The van der Waals surface area contributed by atoms with Crippen LogP contribution in [0, 0.1) is 5.82 Å². The fourth-order valence-electron chi connectivity index (χ4n) is 3.08. The molecule has 1 aliphatic carbocycles. The third kappa shape index (κ3) is 4.88. The van der Waals surface area contributed by atoms with Crippen molar-refractivity contribution in [2.24, 2.45) is 0 Å². The second kappa shape index (κ2) is 8.56. The predicted molar refractivity (Wildman–Crippen MR) is 96.4 cm³/mol. The molecule has 2 N–H and O–H groups in total. The first kappa shape index (κ1) is 18.0. The van der Waals surface area contributed by atoms with Crippen molar-refractivity contribution in [1.82, 2.24) is 15.6 Å². The molecule has 0 bridgehead atoms. The van der Waals surface area contributed by atoms with Gasteiger partial charge in [-0.15, -0.1) is 0 Å². The molecular weight excluding hydrogens is 333 g/mol. The van der Waals surface area contributed by atoms with Crippen molar-refractivity contribution < 1.29 is 14.0 Å². The predicted octanol–water partition coefficient (Wildman–Crippen LogP) is 2.87. The minimum absolute atomic E-state index is 0.206. The summed E-state index contributed by atoms with van der Waals surface area (Å²) in [6, 6.07) is 11.2. The summed E-state index contributed by atoms with van der Waals surface area (Å²) in [5.74, 6) is -0.852. The molecule has 0 atom stereocenters. The lowest BCUT2D eigenvalue weighted by Crippen LogP contribution is -2.34. The molecule has 5 nitrogen and oxygen atoms in total. The van der Waals surface area contributed by atoms with Crippen LogP contribution in [0.2, 0.25) is 0 Å². The molecule has 3 rings (SSSR count). The highest BCUT2D eigenvalue weighted by molar-refractivity contribution is 5.96. The number of benzene rings is 1. The Morgan fingerprint density at radius 2 is 1.65 bits per heavy atom. The van der Waals surface area contributed by atoms with Crippen LogP contribution in [0.1, 0.15) is 52.2 Å². The fraction of sp³-hybridized carbons (Fsp3) is 0.350. The van der Waals surface area contributed by atoms with E-state index in [2.05, 4.69) is 15.6 Å². The lowest BCUT2D eigenvalue weighted by atomic mass is 10.1. The monoisotopic (exact) mass is 355 g/mol. The van der Waals surface area contributed by atoms with Gasteiger partial charge < -0.3 is 10.6 Å². The Balaban J connectivity index is 1.53. The van der Waals surface area contributed by atoms with Gasteiger partial charge in [-0.05, 0) is 49.1 Å². The summed E-state index contributed by atoms with van der Waals surface area (Å²) in [4.78, 5) is 28.7. The molecule has 1 fully saturated rings. The summed E-state index contributed by atoms with van der Waals surface area (Å²) < 4.78 is 12.9. The molecule has 0 unspecified atom stereocenters. The Labute approximate surface area is 152 Å². The molecule has 0 saturated heterocycles. The van der Waals surface area contributed by atoms with Crippen LogP contribution < -0.4 is 10.6 Å². The van der Waals surface area contributed by atoms with Gasteiger partial charge >= 0.3 is 0 Å². The van der Waals surface area contributed by atoms with Gasteiger partial charge in [0.05, 0.1) is 0 Å². The molecule has 1 aliphatic rings. The molecule has 6 heteroatoms. The number of halogens is 1. The van der Waals surface area contributed by atoms with Gasteiger partial charge in [0.1, 0.15) is 17.2 Å². The largest absolute Gasteiger partial charge is 0.350 e. The highest BCUT2D eigenvalue weighted by Gasteiger charge is 2.19. The molecule has 2 aromatic rings. The summed E-state index contributed by atoms with van der Waals surface area (Å²) in [5.41, 5.74) is 1.40. The molecule has 26 heavy (non-hydrogen) atoms. The first-order valence-corrected chi connectivity index (χ1v) is 8.92. The summed E-state index contributed by atoms with van der Waals surface area (Å²) >= 11 is 0. The smallest absolute Gasteiger partial charge is 0.270 e. The van der Waals surface area contributed by atoms with Gasteiger partial charge in [0.15, 0.2) is 0 Å². The van der Waals surface area contributed by atoms with Crippen molar-refractivity contribution in [2.75, 3.05) is 6.54 Å². The van der Waals surface area contributed by atoms with Gasteiger partial charge in [-0.3, -0.25) is 9.59 Å². The van der Waals surface area contributed by atoms with Gasteiger partial charge in [0.2, 0.25) is 0 Å². The number of hydrogen-bond donors (Lipinski definition) is 2. The molecule has 136 valence electrons. The lowest BCUT2D eigenvalue weighted by molar-refractivity contribution is 0.0932. The Morgan fingerprint density at radius 3 is 2.35 bits per heavy atom. The summed E-state index contributed by atoms with van der Waals surface area (Å²) in [6.07, 6.45) is 4.85. The van der Waals surface area contributed by atoms with Gasteiger partial charge in [0.25, 0.3) is 11.8 Å². The lowest BCUT2D eigenvalue weighted by Gasteiger charge is -2.12. The zero-order chi connectivity index (χ0) is 18.4. The second-order valence-corrected chi connectivity index (χ2v) is 6.50. The molecular formula is C20H22FN3O2. The van der Waals surface area contributed by atoms with E-state index in [0.717, 1.165) is 31.2 Å². The Hall–Kier alpha value is -2.76. The van der Waals surface area contributed by atoms with Gasteiger partial charge in [-0.25, -0.2) is 9.37 Å². The number of hydrogen-bond acceptors (Lipinski definition) is 3. The molecule has 1 heterocycles. The number of rotatable bonds is 6. The molecule has 1 saturated carbocycles. The second-order valence-electron chi connectivity index (χ2n) is 6.50. The highest BCUT2D eigenvalue weighted by Crippen LogP contribution is 2.18. The summed E-state index contributed by atoms with van der Waals surface area (Å²) in [6.45, 7) is 0.407. The first-order chi connectivity index (χ1) is 12.6. The molecule has 0 radical (unpaired) electrons. The number of carbonyl (C=O) groups excluding carboxylic acids is 2. The van der Waals surface area contributed by atoms with E-state index in [9.17, 15) is 14.0 Å². The van der Waals surface area contributed by atoms with Crippen molar-refractivity contribution in [3.05, 3.63) is 65.2 Å². The minimum Gasteiger partial charge on any atom is -0.350 e. The maximum absolute atomic E-state index is 12.9. The van der Waals surface area contributed by atoms with Crippen LogP contribution >= 0.6 is 0 Å². The highest BCUT2D eigenvalue weighted by atomic mass is 19.1. The van der Waals surface area contributed by atoms with Gasteiger partial charge in [-0.1, -0.05) is 31.0 Å². The maximum atomic E-state index is 12.9. The van der Waals surface area contributed by atoms with E-state index in [4.69, 9.17) is 0 Å². The molecule has 0 aliphatic heterocycles. The third-order valence-electron chi connectivity index (χ3n) is 4.52. The van der Waals surface area contributed by atoms with E-state index < -0.39 is 0 Å². The normalized spacial score (nSPS) is 14.2. The van der Waals surface area contributed by atoms with Crippen molar-refractivity contribution >= 4 is 11.8 Å². The number of amides is 2. The Kier molecular flexibility index (Phi) is 5.94. The van der Waals surface area contributed by atoms with E-state index in [0.29, 0.717) is 13.0 Å². The van der Waals surface area contributed by atoms with E-state index in [1.165, 1.54) is 12.1 Å². The Bertz CT molecular complexity index is 771. The van der Waals surface area contributed by atoms with Crippen molar-refractivity contribution in [1.29, 1.82) is 0 Å². The van der Waals surface area contributed by atoms with E-state index in [-0.39, 0.29) is 35.1 Å². The van der Waals surface area contributed by atoms with Gasteiger partial charge in [-0.2, -0.15) is 0 Å². The van der Waals surface area contributed by atoms with Crippen LogP contribution in [0.5, 0.6) is 0 Å². The number of nitrogens with one attached hydrogen (secondary N) is 2. The Morgan fingerprint density at radius 1 is 1.00 bits per heavy atom. The summed E-state index contributed by atoms with van der Waals surface area (Å²) in [7, 11) is 0. The van der Waals surface area contributed by atoms with E-state index >= 15 is 0 Å². The first-order valence-electron chi connectivity index (χ1n) is 8.92. The minimum atomic E-state index is -0.331. The standard InChI is InChI=1S/C20H22FN3O2/c21-15-10-8-14(9-11-15)12-13-22-19(25)17-6-3-7-18(24-17)20(26)23-16-4-1-2-5-16/h3,6-11,16H,1-2,4-5,12-13H2,(H,22,25)(H,23,26). The quantitative estimate of drug-likeness (QED) is 0.837. The SMILES string of the molecule is O=C(NCCc1ccc(F)cc1)c1cccc(C(=O)NC2CCCC2)n1. The van der Waals surface area contributed by atoms with Crippen molar-refractivity contribution in [3.8, 4) is 0 Å². The fourth-order valence-corrected chi connectivity index (χ4v) is 3.08. The number of aromatic nitrogens is 1. The molecule has 0 spiro atoms. The van der Waals surface area contributed by atoms with Crippen LogP contribution in [0.4, 0.5) is 4.39 Å². The maximum Gasteiger partial charge on any atom is 0.270 e. The molecule has 1 aromatic carbocycles. The molecule has 1 aromatic heterocycles. The summed E-state index contributed by atoms with van der Waals surface area (Å²) in [5, 5.41) is 5.74. The zero-order valence-corrected chi connectivity index (χ0v) is 14.5. The van der Waals surface area contributed by atoms with Gasteiger partial charge in [0, 0.05) is 12.6 Å². The third-order valence-corrected chi connectivity index (χ3v) is 4.52. The molecule has 2 amide bonds. The number of nitrogens with zero attached hydrogens (tertiary/aromatic N) is 1.